The molecule has 5 heteroatoms. The third-order valence-electron chi connectivity index (χ3n) is 3.57. The molecule has 19 heavy (non-hydrogen) atoms. The minimum Gasteiger partial charge on any atom is -0.383 e. The standard InChI is InChI=1S/C14H28N2O3/c1-12-5-3-4-6-13(12)19-11-14(17)16-8-7-15-9-10-18-2/h12-13,15H,3-11H2,1-2H3,(H,16,17). The second-order valence-electron chi connectivity index (χ2n) is 5.20. The number of methoxy groups -OCH3 is 1. The lowest BCUT2D eigenvalue weighted by molar-refractivity contribution is -0.129. The minimum atomic E-state index is -0.0219. The summed E-state index contributed by atoms with van der Waals surface area (Å²) in [5, 5.41) is 6.02. The summed E-state index contributed by atoms with van der Waals surface area (Å²) < 4.78 is 10.6. The maximum absolute atomic E-state index is 11.6. The van der Waals surface area contributed by atoms with Gasteiger partial charge in [0, 0.05) is 26.7 Å². The lowest BCUT2D eigenvalue weighted by Crippen LogP contribution is -2.37. The van der Waals surface area contributed by atoms with Gasteiger partial charge in [-0.15, -0.1) is 0 Å². The summed E-state index contributed by atoms with van der Waals surface area (Å²) in [6.45, 7) is 5.29. The molecule has 2 unspecified atom stereocenters. The van der Waals surface area contributed by atoms with E-state index in [1.807, 2.05) is 0 Å². The smallest absolute Gasteiger partial charge is 0.246 e. The van der Waals surface area contributed by atoms with Crippen LogP contribution in [0.3, 0.4) is 0 Å². The topological polar surface area (TPSA) is 59.6 Å². The van der Waals surface area contributed by atoms with E-state index in [0.717, 1.165) is 19.5 Å². The van der Waals surface area contributed by atoms with Gasteiger partial charge in [-0.25, -0.2) is 0 Å². The van der Waals surface area contributed by atoms with E-state index in [4.69, 9.17) is 9.47 Å². The summed E-state index contributed by atoms with van der Waals surface area (Å²) in [5.41, 5.74) is 0. The van der Waals surface area contributed by atoms with Crippen LogP contribution in [0, 0.1) is 5.92 Å². The zero-order valence-electron chi connectivity index (χ0n) is 12.2. The first-order valence-corrected chi connectivity index (χ1v) is 7.32. The lowest BCUT2D eigenvalue weighted by Gasteiger charge is -2.28. The van der Waals surface area contributed by atoms with Crippen LogP contribution in [0.5, 0.6) is 0 Å². The molecule has 0 aromatic heterocycles. The van der Waals surface area contributed by atoms with Gasteiger partial charge >= 0.3 is 0 Å². The average molecular weight is 272 g/mol. The number of hydrogen-bond donors (Lipinski definition) is 2. The van der Waals surface area contributed by atoms with Crippen LogP contribution in [0.25, 0.3) is 0 Å². The van der Waals surface area contributed by atoms with E-state index in [1.54, 1.807) is 7.11 Å². The molecule has 0 spiro atoms. The van der Waals surface area contributed by atoms with Gasteiger partial charge in [0.1, 0.15) is 6.61 Å². The number of hydrogen-bond acceptors (Lipinski definition) is 4. The normalized spacial score (nSPS) is 23.3. The summed E-state index contributed by atoms with van der Waals surface area (Å²) in [5.74, 6) is 0.559. The van der Waals surface area contributed by atoms with E-state index >= 15 is 0 Å². The van der Waals surface area contributed by atoms with Gasteiger partial charge in [0.15, 0.2) is 0 Å². The van der Waals surface area contributed by atoms with E-state index in [0.29, 0.717) is 19.1 Å². The molecule has 0 radical (unpaired) electrons. The quantitative estimate of drug-likeness (QED) is 0.613. The highest BCUT2D eigenvalue weighted by atomic mass is 16.5. The van der Waals surface area contributed by atoms with Crippen molar-refractivity contribution in [2.75, 3.05) is 40.0 Å². The highest BCUT2D eigenvalue weighted by Gasteiger charge is 2.22. The Morgan fingerprint density at radius 3 is 2.74 bits per heavy atom. The van der Waals surface area contributed by atoms with Gasteiger partial charge in [-0.2, -0.15) is 0 Å². The maximum atomic E-state index is 11.6. The monoisotopic (exact) mass is 272 g/mol. The second-order valence-corrected chi connectivity index (χ2v) is 5.20. The van der Waals surface area contributed by atoms with E-state index in [1.165, 1.54) is 19.3 Å². The summed E-state index contributed by atoms with van der Waals surface area (Å²) in [6, 6.07) is 0. The molecule has 0 aliphatic heterocycles. The molecule has 5 nitrogen and oxygen atoms in total. The van der Waals surface area contributed by atoms with Crippen LogP contribution in [-0.4, -0.2) is 52.0 Å². The number of nitrogens with one attached hydrogen (secondary N) is 2. The van der Waals surface area contributed by atoms with Crippen LogP contribution < -0.4 is 10.6 Å². The minimum absolute atomic E-state index is 0.0219. The van der Waals surface area contributed by atoms with Crippen molar-refractivity contribution in [3.05, 3.63) is 0 Å². The third kappa shape index (κ3) is 7.50. The van der Waals surface area contributed by atoms with Gasteiger partial charge in [0.2, 0.25) is 5.91 Å². The fourth-order valence-electron chi connectivity index (χ4n) is 2.35. The number of ether oxygens (including phenoxy) is 2. The predicted molar refractivity (Wildman–Crippen MR) is 75.1 cm³/mol. The molecule has 2 atom stereocenters. The Kier molecular flexibility index (Phi) is 8.79. The Bertz CT molecular complexity index is 249. The first-order chi connectivity index (χ1) is 9.24. The van der Waals surface area contributed by atoms with Gasteiger partial charge < -0.3 is 20.1 Å². The Morgan fingerprint density at radius 2 is 2.00 bits per heavy atom. The molecule has 0 aromatic carbocycles. The van der Waals surface area contributed by atoms with Crippen molar-refractivity contribution in [3.63, 3.8) is 0 Å². The van der Waals surface area contributed by atoms with Crippen molar-refractivity contribution >= 4 is 5.91 Å². The Morgan fingerprint density at radius 1 is 1.21 bits per heavy atom. The number of amides is 1. The van der Waals surface area contributed by atoms with Crippen LogP contribution >= 0.6 is 0 Å². The molecule has 1 aliphatic carbocycles. The SMILES string of the molecule is COCCNCCNC(=O)COC1CCCCC1C. The fourth-order valence-corrected chi connectivity index (χ4v) is 2.35. The van der Waals surface area contributed by atoms with Gasteiger partial charge in [-0.05, 0) is 18.8 Å². The summed E-state index contributed by atoms with van der Waals surface area (Å²) in [6.07, 6.45) is 5.09. The van der Waals surface area contributed by atoms with Crippen molar-refractivity contribution in [1.29, 1.82) is 0 Å². The molecular formula is C14H28N2O3. The summed E-state index contributed by atoms with van der Waals surface area (Å²) in [4.78, 5) is 11.6. The van der Waals surface area contributed by atoms with E-state index in [-0.39, 0.29) is 18.6 Å². The van der Waals surface area contributed by atoms with Crippen molar-refractivity contribution in [2.24, 2.45) is 5.92 Å². The third-order valence-corrected chi connectivity index (χ3v) is 3.57. The van der Waals surface area contributed by atoms with E-state index in [2.05, 4.69) is 17.6 Å². The lowest BCUT2D eigenvalue weighted by atomic mass is 9.88. The molecule has 2 N–H and O–H groups in total. The van der Waals surface area contributed by atoms with E-state index < -0.39 is 0 Å². The largest absolute Gasteiger partial charge is 0.383 e. The Hall–Kier alpha value is -0.650. The van der Waals surface area contributed by atoms with Crippen molar-refractivity contribution in [3.8, 4) is 0 Å². The second kappa shape index (κ2) is 10.2. The molecule has 0 heterocycles. The molecule has 0 saturated heterocycles. The van der Waals surface area contributed by atoms with Crippen LogP contribution in [0.1, 0.15) is 32.6 Å². The van der Waals surface area contributed by atoms with Gasteiger partial charge in [0.05, 0.1) is 12.7 Å². The molecule has 112 valence electrons. The molecule has 1 amide bonds. The number of rotatable bonds is 9. The fraction of sp³-hybridized carbons (Fsp3) is 0.929. The predicted octanol–water partition coefficient (Wildman–Crippen LogP) is 0.934. The van der Waals surface area contributed by atoms with Gasteiger partial charge in [-0.3, -0.25) is 4.79 Å². The first-order valence-electron chi connectivity index (χ1n) is 7.32. The van der Waals surface area contributed by atoms with Crippen LogP contribution in [0.4, 0.5) is 0 Å². The molecular weight excluding hydrogens is 244 g/mol. The van der Waals surface area contributed by atoms with Gasteiger partial charge in [-0.1, -0.05) is 19.8 Å². The average Bonchev–Trinajstić information content (AvgIpc) is 2.42. The van der Waals surface area contributed by atoms with Crippen molar-refractivity contribution in [1.82, 2.24) is 10.6 Å². The van der Waals surface area contributed by atoms with Crippen LogP contribution in [-0.2, 0) is 14.3 Å². The zero-order valence-corrected chi connectivity index (χ0v) is 12.2. The summed E-state index contributed by atoms with van der Waals surface area (Å²) in [7, 11) is 1.67. The molecule has 1 rings (SSSR count). The molecule has 0 aromatic rings. The summed E-state index contributed by atoms with van der Waals surface area (Å²) >= 11 is 0. The zero-order chi connectivity index (χ0) is 13.9. The van der Waals surface area contributed by atoms with Crippen molar-refractivity contribution in [2.45, 2.75) is 38.7 Å². The first kappa shape index (κ1) is 16.4. The number of carbonyl (C=O) groups excluding carboxylic acids is 1. The Labute approximate surface area is 116 Å². The number of carbonyl (C=O) groups is 1. The van der Waals surface area contributed by atoms with Crippen LogP contribution in [0.2, 0.25) is 0 Å². The van der Waals surface area contributed by atoms with Crippen molar-refractivity contribution < 1.29 is 14.3 Å². The van der Waals surface area contributed by atoms with Crippen LogP contribution in [0.15, 0.2) is 0 Å². The highest BCUT2D eigenvalue weighted by Crippen LogP contribution is 2.25. The van der Waals surface area contributed by atoms with E-state index in [9.17, 15) is 4.79 Å². The molecule has 0 bridgehead atoms. The molecule has 1 fully saturated rings. The maximum Gasteiger partial charge on any atom is 0.246 e. The molecule has 1 saturated carbocycles. The Balaban J connectivity index is 1.98. The highest BCUT2D eigenvalue weighted by molar-refractivity contribution is 5.77. The molecule has 1 aliphatic rings. The van der Waals surface area contributed by atoms with Gasteiger partial charge in [0.25, 0.3) is 0 Å².